The first-order valence-corrected chi connectivity index (χ1v) is 8.88. The van der Waals surface area contributed by atoms with Crippen molar-refractivity contribution >= 4 is 14.3 Å². The minimum atomic E-state index is -1.97. The Morgan fingerprint density at radius 1 is 1.47 bits per heavy atom. The molecule has 2 unspecified atom stereocenters. The van der Waals surface area contributed by atoms with E-state index < -0.39 is 8.32 Å². The third kappa shape index (κ3) is 4.34. The average Bonchev–Trinajstić information content (AvgIpc) is 2.14. The maximum absolute atomic E-state index is 11.4. The van der Waals surface area contributed by atoms with Crippen molar-refractivity contribution in [2.45, 2.75) is 44.8 Å². The summed E-state index contributed by atoms with van der Waals surface area (Å²) in [4.78, 5) is 21.3. The fraction of sp³-hybridized carbons (Fsp3) is 0.909. The first kappa shape index (κ1) is 12.7. The molecule has 0 spiro atoms. The molecule has 4 heteroatoms. The molecular weight excluding hydrogens is 208 g/mol. The van der Waals surface area contributed by atoms with Crippen LogP contribution in [0.1, 0.15) is 25.7 Å². The van der Waals surface area contributed by atoms with Crippen molar-refractivity contribution in [3.63, 3.8) is 0 Å². The Kier molecular flexibility index (Phi) is 4.34. The predicted octanol–water partition coefficient (Wildman–Crippen LogP) is 2.16. The Labute approximate surface area is 93.0 Å². The van der Waals surface area contributed by atoms with Gasteiger partial charge < -0.3 is 9.53 Å². The summed E-state index contributed by atoms with van der Waals surface area (Å²) in [5, 5.41) is 0. The first-order valence-electron chi connectivity index (χ1n) is 5.72. The highest BCUT2D eigenvalue weighted by Crippen LogP contribution is 2.34. The summed E-state index contributed by atoms with van der Waals surface area (Å²) < 4.78 is 4.78. The molecule has 88 valence electrons. The molecule has 1 N–H and O–H groups in total. The molecular formula is C11H22O3Si. The van der Waals surface area contributed by atoms with Gasteiger partial charge in [0.25, 0.3) is 0 Å². The SMILES string of the molecule is COC(=O)C1CCCC(C[Si](C)(C)O)C1. The smallest absolute Gasteiger partial charge is 0.308 e. The Balaban J connectivity index is 2.46. The van der Waals surface area contributed by atoms with Crippen LogP contribution in [0, 0.1) is 11.8 Å². The van der Waals surface area contributed by atoms with Crippen molar-refractivity contribution in [1.82, 2.24) is 0 Å². The van der Waals surface area contributed by atoms with E-state index in [1.54, 1.807) is 0 Å². The van der Waals surface area contributed by atoms with Crippen LogP contribution in [-0.4, -0.2) is 26.2 Å². The molecule has 0 saturated heterocycles. The van der Waals surface area contributed by atoms with E-state index >= 15 is 0 Å². The zero-order valence-electron chi connectivity index (χ0n) is 9.95. The van der Waals surface area contributed by atoms with Gasteiger partial charge in [0.1, 0.15) is 0 Å². The molecule has 0 aliphatic heterocycles. The average molecular weight is 230 g/mol. The Morgan fingerprint density at radius 2 is 2.13 bits per heavy atom. The van der Waals surface area contributed by atoms with Crippen LogP contribution in [0.2, 0.25) is 19.1 Å². The quantitative estimate of drug-likeness (QED) is 0.597. The summed E-state index contributed by atoms with van der Waals surface area (Å²) in [6.45, 7) is 3.93. The lowest BCUT2D eigenvalue weighted by Gasteiger charge is -2.30. The highest BCUT2D eigenvalue weighted by Gasteiger charge is 2.31. The van der Waals surface area contributed by atoms with Crippen molar-refractivity contribution in [3.8, 4) is 0 Å². The monoisotopic (exact) mass is 230 g/mol. The second-order valence-electron chi connectivity index (χ2n) is 5.27. The van der Waals surface area contributed by atoms with E-state index in [0.29, 0.717) is 5.92 Å². The second-order valence-corrected chi connectivity index (χ2v) is 9.30. The van der Waals surface area contributed by atoms with Gasteiger partial charge in [-0.2, -0.15) is 0 Å². The molecule has 2 atom stereocenters. The number of carbonyl (C=O) groups is 1. The van der Waals surface area contributed by atoms with Gasteiger partial charge in [-0.25, -0.2) is 0 Å². The van der Waals surface area contributed by atoms with Gasteiger partial charge in [-0.3, -0.25) is 4.79 Å². The Morgan fingerprint density at radius 3 is 2.67 bits per heavy atom. The highest BCUT2D eigenvalue weighted by atomic mass is 28.4. The van der Waals surface area contributed by atoms with Gasteiger partial charge in [-0.05, 0) is 37.9 Å². The van der Waals surface area contributed by atoms with Crippen LogP contribution in [0.5, 0.6) is 0 Å². The molecule has 1 rings (SSSR count). The van der Waals surface area contributed by atoms with Gasteiger partial charge in [0.2, 0.25) is 0 Å². The van der Waals surface area contributed by atoms with Gasteiger partial charge >= 0.3 is 5.97 Å². The van der Waals surface area contributed by atoms with Crippen molar-refractivity contribution in [1.29, 1.82) is 0 Å². The van der Waals surface area contributed by atoms with E-state index in [0.717, 1.165) is 31.7 Å². The van der Waals surface area contributed by atoms with Gasteiger partial charge in [-0.15, -0.1) is 0 Å². The summed E-state index contributed by atoms with van der Waals surface area (Å²) in [6, 6.07) is 0.917. The van der Waals surface area contributed by atoms with E-state index in [1.165, 1.54) is 7.11 Å². The van der Waals surface area contributed by atoms with Crippen LogP contribution >= 0.6 is 0 Å². The fourth-order valence-electron chi connectivity index (χ4n) is 2.56. The topological polar surface area (TPSA) is 46.5 Å². The van der Waals surface area contributed by atoms with Crippen LogP contribution in [0.3, 0.4) is 0 Å². The molecule has 1 saturated carbocycles. The number of ether oxygens (including phenoxy) is 1. The van der Waals surface area contributed by atoms with Crippen LogP contribution in [-0.2, 0) is 9.53 Å². The Hall–Kier alpha value is -0.353. The molecule has 1 aliphatic carbocycles. The zero-order chi connectivity index (χ0) is 11.5. The lowest BCUT2D eigenvalue weighted by Crippen LogP contribution is -2.32. The molecule has 0 bridgehead atoms. The van der Waals surface area contributed by atoms with Crippen molar-refractivity contribution in [2.24, 2.45) is 11.8 Å². The summed E-state index contributed by atoms with van der Waals surface area (Å²) in [5.74, 6) is 0.525. The van der Waals surface area contributed by atoms with Crippen molar-refractivity contribution in [3.05, 3.63) is 0 Å². The maximum atomic E-state index is 11.4. The van der Waals surface area contributed by atoms with Crippen LogP contribution in [0.25, 0.3) is 0 Å². The fourth-order valence-corrected chi connectivity index (χ4v) is 4.35. The summed E-state index contributed by atoms with van der Waals surface area (Å²) in [5.41, 5.74) is 0. The molecule has 0 aromatic rings. The number of methoxy groups -OCH3 is 1. The molecule has 0 aromatic heterocycles. The predicted molar refractivity (Wildman–Crippen MR) is 62.0 cm³/mol. The molecule has 15 heavy (non-hydrogen) atoms. The van der Waals surface area contributed by atoms with Crippen LogP contribution < -0.4 is 0 Å². The van der Waals surface area contributed by atoms with E-state index in [-0.39, 0.29) is 11.9 Å². The molecule has 0 radical (unpaired) electrons. The summed E-state index contributed by atoms with van der Waals surface area (Å²) in [6.07, 6.45) is 4.11. The molecule has 3 nitrogen and oxygen atoms in total. The van der Waals surface area contributed by atoms with Crippen LogP contribution in [0.15, 0.2) is 0 Å². The number of esters is 1. The second kappa shape index (κ2) is 5.12. The highest BCUT2D eigenvalue weighted by molar-refractivity contribution is 6.69. The van der Waals surface area contributed by atoms with Crippen molar-refractivity contribution in [2.75, 3.05) is 7.11 Å². The molecule has 0 heterocycles. The molecule has 0 amide bonds. The largest absolute Gasteiger partial charge is 0.469 e. The van der Waals surface area contributed by atoms with E-state index in [4.69, 9.17) is 4.74 Å². The van der Waals surface area contributed by atoms with Gasteiger partial charge in [0.05, 0.1) is 13.0 Å². The normalized spacial score (nSPS) is 27.5. The van der Waals surface area contributed by atoms with E-state index in [2.05, 4.69) is 0 Å². The molecule has 0 aromatic carbocycles. The lowest BCUT2D eigenvalue weighted by atomic mass is 9.82. The maximum Gasteiger partial charge on any atom is 0.308 e. The van der Waals surface area contributed by atoms with Gasteiger partial charge in [-0.1, -0.05) is 12.8 Å². The molecule has 1 aliphatic rings. The van der Waals surface area contributed by atoms with Crippen molar-refractivity contribution < 1.29 is 14.3 Å². The number of hydrogen-bond donors (Lipinski definition) is 1. The minimum Gasteiger partial charge on any atom is -0.469 e. The zero-order valence-corrected chi connectivity index (χ0v) is 11.0. The Bertz CT molecular complexity index is 222. The number of rotatable bonds is 3. The first-order chi connectivity index (χ1) is 6.92. The van der Waals surface area contributed by atoms with E-state index in [1.807, 2.05) is 13.1 Å². The third-order valence-corrected chi connectivity index (χ3v) is 4.68. The minimum absolute atomic E-state index is 0.0721. The van der Waals surface area contributed by atoms with Crippen LogP contribution in [0.4, 0.5) is 0 Å². The van der Waals surface area contributed by atoms with Gasteiger partial charge in [0.15, 0.2) is 8.32 Å². The number of hydrogen-bond acceptors (Lipinski definition) is 3. The lowest BCUT2D eigenvalue weighted by molar-refractivity contribution is -0.147. The third-order valence-electron chi connectivity index (χ3n) is 3.11. The number of carbonyl (C=O) groups excluding carboxylic acids is 1. The standard InChI is InChI=1S/C11H22O3Si/c1-14-11(12)10-6-4-5-9(7-10)8-15(2,3)13/h9-10,13H,4-8H2,1-3H3. The van der Waals surface area contributed by atoms with Gasteiger partial charge in [0, 0.05) is 0 Å². The molecule has 1 fully saturated rings. The summed E-state index contributed by atoms with van der Waals surface area (Å²) in [7, 11) is -0.516. The van der Waals surface area contributed by atoms with E-state index in [9.17, 15) is 9.59 Å². The summed E-state index contributed by atoms with van der Waals surface area (Å²) >= 11 is 0.